The largest absolute Gasteiger partial charge is 0.387 e. The molecule has 0 spiro atoms. The molecule has 0 saturated carbocycles. The highest BCUT2D eigenvalue weighted by molar-refractivity contribution is 8.09. The third-order valence-electron chi connectivity index (χ3n) is 8.46. The maximum absolute atomic E-state index is 13.1. The number of aliphatic hydroxyl groups is 4. The highest BCUT2D eigenvalue weighted by Crippen LogP contribution is 2.76. The summed E-state index contributed by atoms with van der Waals surface area (Å²) in [5.74, 6) is 1.11. The molecule has 26 nitrogen and oxygen atoms in total. The molecule has 0 aliphatic carbocycles. The van der Waals surface area contributed by atoms with E-state index in [0.29, 0.717) is 22.2 Å². The molecule has 2 aliphatic rings. The van der Waals surface area contributed by atoms with Gasteiger partial charge in [-0.2, -0.15) is 0 Å². The minimum atomic E-state index is -5.73. The second-order valence-corrected chi connectivity index (χ2v) is 24.9. The maximum Gasteiger partial charge on any atom is 0.365 e. The van der Waals surface area contributed by atoms with Crippen molar-refractivity contribution < 1.29 is 76.3 Å². The van der Waals surface area contributed by atoms with Crippen LogP contribution in [0.15, 0.2) is 24.1 Å². The van der Waals surface area contributed by atoms with E-state index >= 15 is 0 Å². The van der Waals surface area contributed by atoms with Gasteiger partial charge < -0.3 is 69.6 Å². The van der Waals surface area contributed by atoms with Crippen molar-refractivity contribution in [3.63, 3.8) is 0 Å². The van der Waals surface area contributed by atoms with Crippen molar-refractivity contribution in [2.24, 2.45) is 0 Å². The number of nitrogens with two attached hydrogens (primary N) is 1. The van der Waals surface area contributed by atoms with E-state index in [1.165, 1.54) is 39.9 Å². The Labute approximate surface area is 352 Å². The Morgan fingerprint density at radius 1 is 0.847 bits per heavy atom. The molecule has 0 aromatic carbocycles. The van der Waals surface area contributed by atoms with Crippen molar-refractivity contribution in [1.29, 1.82) is 0 Å². The molecule has 11 N–H and O–H groups in total. The number of alkyl halides is 1. The van der Waals surface area contributed by atoms with Gasteiger partial charge in [0, 0.05) is 12.8 Å². The lowest BCUT2D eigenvalue weighted by atomic mass is 10.1. The first-order valence-electron chi connectivity index (χ1n) is 16.8. The summed E-state index contributed by atoms with van der Waals surface area (Å²) >= 11 is 16.7. The summed E-state index contributed by atoms with van der Waals surface area (Å²) in [6.45, 7) is -9.53. The third kappa shape index (κ3) is 10.2. The number of anilines is 2. The monoisotopic (exact) mass is 988 g/mol. The summed E-state index contributed by atoms with van der Waals surface area (Å²) in [6.07, 6.45) is -7.55. The molecule has 328 valence electrons. The van der Waals surface area contributed by atoms with E-state index < -0.39 is 95.8 Å². The summed E-state index contributed by atoms with van der Waals surface area (Å²) in [4.78, 5) is 64.4. The quantitative estimate of drug-likeness (QED) is 0.0279. The first kappa shape index (κ1) is 47.0. The lowest BCUT2D eigenvalue weighted by Crippen LogP contribution is -2.33. The van der Waals surface area contributed by atoms with Crippen molar-refractivity contribution in [2.45, 2.75) is 72.4 Å². The van der Waals surface area contributed by atoms with Gasteiger partial charge in [-0.05, 0) is 30.0 Å². The van der Waals surface area contributed by atoms with Crippen molar-refractivity contribution in [3.05, 3.63) is 19.0 Å². The number of nitrogens with one attached hydrogen (secondary N) is 1. The molecule has 59 heavy (non-hydrogen) atoms. The van der Waals surface area contributed by atoms with Crippen LogP contribution in [0.25, 0.3) is 22.3 Å². The van der Waals surface area contributed by atoms with Crippen LogP contribution in [0, 0.1) is 0 Å². The fourth-order valence-corrected chi connectivity index (χ4v) is 15.4. The molecule has 6 heterocycles. The number of ether oxygens (including phenoxy) is 2. The highest BCUT2D eigenvalue weighted by Gasteiger charge is 2.53. The van der Waals surface area contributed by atoms with Gasteiger partial charge in [-0.25, -0.2) is 38.5 Å². The topological polar surface area (TPSA) is 377 Å². The van der Waals surface area contributed by atoms with E-state index in [-0.39, 0.29) is 22.6 Å². The van der Waals surface area contributed by atoms with E-state index in [1.54, 1.807) is 7.05 Å². The van der Waals surface area contributed by atoms with Crippen LogP contribution in [-0.2, 0) is 59.9 Å². The summed E-state index contributed by atoms with van der Waals surface area (Å²) in [5.41, 5.74) is 6.92. The number of imidazole rings is 2. The van der Waals surface area contributed by atoms with Crippen molar-refractivity contribution in [2.75, 3.05) is 37.1 Å². The number of hydrogen-bond donors (Lipinski definition) is 10. The predicted octanol–water partition coefficient (Wildman–Crippen LogP) is 0.424. The number of nitrogen functional groups attached to an aromatic ring is 1. The van der Waals surface area contributed by atoms with Gasteiger partial charge in [-0.1, -0.05) is 30.3 Å². The van der Waals surface area contributed by atoms with E-state index in [1.807, 2.05) is 6.92 Å². The Morgan fingerprint density at radius 2 is 1.36 bits per heavy atom. The number of halogens is 1. The first-order valence-corrected chi connectivity index (χ1v) is 26.7. The van der Waals surface area contributed by atoms with Crippen molar-refractivity contribution in [1.82, 2.24) is 39.0 Å². The molecule has 13 atom stereocenters. The van der Waals surface area contributed by atoms with E-state index in [9.17, 15) is 49.1 Å². The lowest BCUT2D eigenvalue weighted by Gasteiger charge is -2.27. The number of nitrogens with zero attached hydrogens (tertiary/aromatic N) is 8. The molecule has 0 amide bonds. The van der Waals surface area contributed by atoms with E-state index in [0.717, 1.165) is 6.42 Å². The minimum absolute atomic E-state index is 0.0581. The van der Waals surface area contributed by atoms with E-state index in [2.05, 4.69) is 43.8 Å². The van der Waals surface area contributed by atoms with Gasteiger partial charge in [0.05, 0.1) is 25.9 Å². The number of rotatable bonds is 18. The third-order valence-corrected chi connectivity index (χ3v) is 20.1. The molecule has 0 bridgehead atoms. The SMILES string of the molecule is CCCSc1nc(N)c2ncn([C@@H]3O[C@H](COP(O)(=S)OP(=O)(O)C(Cl)P(=O)(O)OP(O)(=S)OC[C@H]4O[C@@H](n5cnc6c(NC)ncnc65)[C@H](O)[C@@H]4O)[C@@H](O)[C@H]3O)c2n1. The summed E-state index contributed by atoms with van der Waals surface area (Å²) in [7, 11) is -9.86. The summed E-state index contributed by atoms with van der Waals surface area (Å²) in [6, 6.07) is 0. The highest BCUT2D eigenvalue weighted by atomic mass is 35.5. The van der Waals surface area contributed by atoms with Gasteiger partial charge in [-0.15, -0.1) is 0 Å². The predicted molar refractivity (Wildman–Crippen MR) is 214 cm³/mol. The fraction of sp³-hybridized carbons (Fsp3) is 0.600. The number of fused-ring (bicyclic) bond motifs is 2. The van der Waals surface area contributed by atoms with Crippen LogP contribution in [0.1, 0.15) is 25.8 Å². The Bertz CT molecular complexity index is 2370. The molecule has 5 unspecified atom stereocenters. The number of hydrogen-bond acceptors (Lipinski definition) is 23. The Kier molecular flexibility index (Phi) is 14.6. The average Bonchev–Trinajstić information content (AvgIpc) is 3.92. The second-order valence-electron chi connectivity index (χ2n) is 12.6. The number of aromatic nitrogens is 8. The molecule has 4 aromatic rings. The zero-order valence-corrected chi connectivity index (χ0v) is 36.9. The van der Waals surface area contributed by atoms with Crippen LogP contribution in [0.3, 0.4) is 0 Å². The minimum Gasteiger partial charge on any atom is -0.387 e. The average molecular weight is 989 g/mol. The van der Waals surface area contributed by atoms with Crippen LogP contribution in [-0.4, -0.2) is 147 Å². The summed E-state index contributed by atoms with van der Waals surface area (Å²) < 4.78 is 59.5. The Morgan fingerprint density at radius 3 is 1.86 bits per heavy atom. The van der Waals surface area contributed by atoms with Crippen LogP contribution in [0.4, 0.5) is 11.6 Å². The van der Waals surface area contributed by atoms with Gasteiger partial charge in [0.2, 0.25) is 4.86 Å². The van der Waals surface area contributed by atoms with Gasteiger partial charge in [0.1, 0.15) is 54.0 Å². The van der Waals surface area contributed by atoms with Gasteiger partial charge >= 0.3 is 28.6 Å². The molecule has 4 aromatic heterocycles. The Balaban J connectivity index is 1.04. The smallest absolute Gasteiger partial charge is 0.365 e. The molecule has 2 fully saturated rings. The first-order chi connectivity index (χ1) is 27.6. The van der Waals surface area contributed by atoms with Crippen LogP contribution >= 0.6 is 52.0 Å². The number of aliphatic hydroxyl groups excluding tert-OH is 4. The van der Waals surface area contributed by atoms with Crippen LogP contribution in [0.2, 0.25) is 0 Å². The number of thioether (sulfide) groups is 1. The van der Waals surface area contributed by atoms with Crippen LogP contribution in [0.5, 0.6) is 0 Å². The van der Waals surface area contributed by atoms with Gasteiger partial charge in [0.25, 0.3) is 0 Å². The molecule has 2 aliphatic heterocycles. The molecular formula is C25H37ClN10O16P4S3. The normalized spacial score (nSPS) is 29.5. The van der Waals surface area contributed by atoms with Crippen molar-refractivity contribution in [3.8, 4) is 0 Å². The van der Waals surface area contributed by atoms with Gasteiger partial charge in [-0.3, -0.25) is 18.3 Å². The molecule has 34 heteroatoms. The zero-order chi connectivity index (χ0) is 43.2. The maximum atomic E-state index is 13.1. The standard InChI is InChI=1S/C25H37ClN10O16P4S3/c1-3-4-59-25-33-18(27)12-21(34-25)36(8-31-12)23-17(40)15(38)11(50-23)6-48-56(46,58)52-54(43,44)24(26)53(41,42)51-55(45,57)47-5-10-14(37)16(39)22(49-10)35-9-32-13-19(28-2)29-7-30-20(13)35/h7-11,14-17,22-24,37-40H,3-6H2,1-2H3,(H,41,42)(H,43,44)(H,45,57)(H,46,58)(H2,27,33,34)(H,28,29,30)/t10-,11-,14-,15-,16-,17-,22-,23-,24?,55?,56?/m1/s1. The molecule has 6 rings (SSSR count). The second kappa shape index (κ2) is 18.3. The van der Waals surface area contributed by atoms with Crippen molar-refractivity contribution >= 4 is 110 Å². The molecule has 2 saturated heterocycles. The van der Waals surface area contributed by atoms with Gasteiger partial charge in [0.15, 0.2) is 40.5 Å². The molecular weight excluding hydrogens is 952 g/mol. The lowest BCUT2D eigenvalue weighted by molar-refractivity contribution is -0.0486. The Hall–Kier alpha value is -1.46. The summed E-state index contributed by atoms with van der Waals surface area (Å²) in [5, 5.41) is 46.0. The molecule has 0 radical (unpaired) electrons. The zero-order valence-electron chi connectivity index (χ0n) is 30.1. The fourth-order valence-electron chi connectivity index (χ4n) is 5.72. The van der Waals surface area contributed by atoms with E-state index in [4.69, 9.17) is 59.5 Å². The van der Waals surface area contributed by atoms with Crippen LogP contribution < -0.4 is 11.1 Å².